The molecule has 3 aromatic carbocycles. The molecule has 0 aliphatic heterocycles. The molecule has 0 spiro atoms. The minimum Gasteiger partial charge on any atom is -0.348 e. The summed E-state index contributed by atoms with van der Waals surface area (Å²) in [5.74, 6) is -0.482. The van der Waals surface area contributed by atoms with Gasteiger partial charge in [0, 0.05) is 45.3 Å². The molecular formula is C26H20Cl4N2O2. The van der Waals surface area contributed by atoms with E-state index in [1.807, 2.05) is 24.3 Å². The minimum atomic E-state index is -0.241. The van der Waals surface area contributed by atoms with Gasteiger partial charge in [-0.3, -0.25) is 9.59 Å². The van der Waals surface area contributed by atoms with Crippen LogP contribution in [0.5, 0.6) is 0 Å². The second-order valence-corrected chi connectivity index (χ2v) is 8.94. The highest BCUT2D eigenvalue weighted by Gasteiger charge is 2.03. The Bertz CT molecular complexity index is 1140. The Kier molecular flexibility index (Phi) is 9.61. The monoisotopic (exact) mass is 532 g/mol. The smallest absolute Gasteiger partial charge is 0.244 e. The predicted molar refractivity (Wildman–Crippen MR) is 141 cm³/mol. The van der Waals surface area contributed by atoms with Gasteiger partial charge in [0.1, 0.15) is 0 Å². The highest BCUT2D eigenvalue weighted by atomic mass is 35.5. The maximum absolute atomic E-state index is 12.1. The first-order valence-corrected chi connectivity index (χ1v) is 11.7. The Morgan fingerprint density at radius 1 is 0.618 bits per heavy atom. The van der Waals surface area contributed by atoms with Crippen LogP contribution in [0, 0.1) is 0 Å². The Balaban J connectivity index is 1.44. The molecule has 2 N–H and O–H groups in total. The molecule has 4 nitrogen and oxygen atoms in total. The second kappa shape index (κ2) is 12.6. The summed E-state index contributed by atoms with van der Waals surface area (Å²) in [5, 5.41) is 7.66. The molecule has 0 radical (unpaired) electrons. The van der Waals surface area contributed by atoms with Gasteiger partial charge in [-0.05, 0) is 58.7 Å². The molecule has 0 fully saturated rings. The summed E-state index contributed by atoms with van der Waals surface area (Å²) in [6.07, 6.45) is 6.11. The first kappa shape index (κ1) is 25.9. The van der Waals surface area contributed by atoms with Crippen molar-refractivity contribution in [2.75, 3.05) is 0 Å². The van der Waals surface area contributed by atoms with Crippen LogP contribution in [0.15, 0.2) is 72.8 Å². The van der Waals surface area contributed by atoms with E-state index in [0.29, 0.717) is 44.3 Å². The van der Waals surface area contributed by atoms with Gasteiger partial charge >= 0.3 is 0 Å². The number of hydrogen-bond acceptors (Lipinski definition) is 2. The Labute approximate surface area is 218 Å². The second-order valence-electron chi connectivity index (χ2n) is 7.25. The molecule has 0 atom stereocenters. The van der Waals surface area contributed by atoms with Crippen LogP contribution in [-0.2, 0) is 22.7 Å². The van der Waals surface area contributed by atoms with E-state index in [1.165, 1.54) is 12.2 Å². The highest BCUT2D eigenvalue weighted by Crippen LogP contribution is 2.22. The van der Waals surface area contributed by atoms with Crippen molar-refractivity contribution in [2.45, 2.75) is 13.1 Å². The quantitative estimate of drug-likeness (QED) is 0.307. The van der Waals surface area contributed by atoms with Crippen molar-refractivity contribution in [3.8, 4) is 0 Å². The number of carbonyl (C=O) groups excluding carboxylic acids is 2. The predicted octanol–water partition coefficient (Wildman–Crippen LogP) is 6.96. The molecule has 0 aromatic heterocycles. The number of amides is 2. The van der Waals surface area contributed by atoms with Crippen LogP contribution in [0.25, 0.3) is 12.2 Å². The van der Waals surface area contributed by atoms with Crippen LogP contribution in [0.4, 0.5) is 0 Å². The fourth-order valence-corrected chi connectivity index (χ4v) is 3.82. The van der Waals surface area contributed by atoms with E-state index in [9.17, 15) is 9.59 Å². The average molecular weight is 534 g/mol. The molecule has 2 amide bonds. The van der Waals surface area contributed by atoms with Crippen molar-refractivity contribution in [2.24, 2.45) is 0 Å². The maximum Gasteiger partial charge on any atom is 0.244 e. The summed E-state index contributed by atoms with van der Waals surface area (Å²) >= 11 is 23.9. The molecule has 34 heavy (non-hydrogen) atoms. The molecule has 0 saturated carbocycles. The summed E-state index contributed by atoms with van der Waals surface area (Å²) < 4.78 is 0. The van der Waals surface area contributed by atoms with Gasteiger partial charge in [-0.25, -0.2) is 0 Å². The van der Waals surface area contributed by atoms with E-state index >= 15 is 0 Å². The van der Waals surface area contributed by atoms with Crippen molar-refractivity contribution >= 4 is 70.4 Å². The molecule has 0 bridgehead atoms. The lowest BCUT2D eigenvalue weighted by molar-refractivity contribution is -0.117. The molecule has 0 saturated heterocycles. The standard InChI is InChI=1S/C26H20Cl4N2O2/c27-21-9-5-19(23(29)13-21)7-11-25(33)31-15-17-1-2-18(4-3-17)16-32-26(34)12-8-20-6-10-22(28)14-24(20)30/h1-14H,15-16H2,(H,31,33)(H,32,34)/b11-7+,12-8+. The van der Waals surface area contributed by atoms with E-state index in [-0.39, 0.29) is 11.8 Å². The summed E-state index contributed by atoms with van der Waals surface area (Å²) in [6.45, 7) is 0.740. The van der Waals surface area contributed by atoms with Crippen LogP contribution < -0.4 is 10.6 Å². The van der Waals surface area contributed by atoms with Crippen molar-refractivity contribution in [1.82, 2.24) is 10.6 Å². The van der Waals surface area contributed by atoms with Crippen molar-refractivity contribution in [3.63, 3.8) is 0 Å². The molecule has 174 valence electrons. The van der Waals surface area contributed by atoms with E-state index in [0.717, 1.165) is 11.1 Å². The largest absolute Gasteiger partial charge is 0.348 e. The lowest BCUT2D eigenvalue weighted by Gasteiger charge is -2.06. The number of benzene rings is 3. The van der Waals surface area contributed by atoms with Crippen LogP contribution >= 0.6 is 46.4 Å². The molecule has 0 heterocycles. The van der Waals surface area contributed by atoms with Crippen LogP contribution in [-0.4, -0.2) is 11.8 Å². The normalized spacial score (nSPS) is 11.2. The minimum absolute atomic E-state index is 0.241. The third-order valence-corrected chi connectivity index (χ3v) is 5.83. The molecule has 3 rings (SSSR count). The molecular weight excluding hydrogens is 514 g/mol. The zero-order valence-electron chi connectivity index (χ0n) is 17.8. The van der Waals surface area contributed by atoms with Crippen molar-refractivity contribution < 1.29 is 9.59 Å². The zero-order valence-corrected chi connectivity index (χ0v) is 20.8. The van der Waals surface area contributed by atoms with E-state index in [2.05, 4.69) is 10.6 Å². The molecule has 0 aliphatic rings. The van der Waals surface area contributed by atoms with E-state index in [1.54, 1.807) is 48.6 Å². The summed E-state index contributed by atoms with van der Waals surface area (Å²) in [7, 11) is 0. The average Bonchev–Trinajstić information content (AvgIpc) is 2.81. The first-order chi connectivity index (χ1) is 16.3. The fraction of sp³-hybridized carbons (Fsp3) is 0.0769. The molecule has 3 aromatic rings. The number of nitrogens with one attached hydrogen (secondary N) is 2. The molecule has 0 unspecified atom stereocenters. The zero-order chi connectivity index (χ0) is 24.5. The third kappa shape index (κ3) is 8.23. The summed E-state index contributed by atoms with van der Waals surface area (Å²) in [6, 6.07) is 17.7. The van der Waals surface area contributed by atoms with Crippen LogP contribution in [0.3, 0.4) is 0 Å². The van der Waals surface area contributed by atoms with Crippen molar-refractivity contribution in [1.29, 1.82) is 0 Å². The van der Waals surface area contributed by atoms with Crippen LogP contribution in [0.1, 0.15) is 22.3 Å². The number of rotatable bonds is 8. The Morgan fingerprint density at radius 2 is 1.00 bits per heavy atom. The highest BCUT2D eigenvalue weighted by molar-refractivity contribution is 6.36. The van der Waals surface area contributed by atoms with Gasteiger partial charge in [-0.15, -0.1) is 0 Å². The SMILES string of the molecule is O=C(/C=C/c1ccc(Cl)cc1Cl)NCc1ccc(CNC(=O)/C=C/c2ccc(Cl)cc2Cl)cc1. The number of carbonyl (C=O) groups is 2. The topological polar surface area (TPSA) is 58.2 Å². The van der Waals surface area contributed by atoms with Gasteiger partial charge in [0.2, 0.25) is 11.8 Å². The van der Waals surface area contributed by atoms with Crippen LogP contribution in [0.2, 0.25) is 20.1 Å². The Hall–Kier alpha value is -2.76. The Morgan fingerprint density at radius 3 is 1.35 bits per heavy atom. The van der Waals surface area contributed by atoms with Gasteiger partial charge in [-0.2, -0.15) is 0 Å². The third-order valence-electron chi connectivity index (χ3n) is 4.71. The van der Waals surface area contributed by atoms with Gasteiger partial charge in [-0.1, -0.05) is 82.8 Å². The number of hydrogen-bond donors (Lipinski definition) is 2. The van der Waals surface area contributed by atoms with Gasteiger partial charge < -0.3 is 10.6 Å². The van der Waals surface area contributed by atoms with Gasteiger partial charge in [0.25, 0.3) is 0 Å². The summed E-state index contributed by atoms with van der Waals surface area (Å²) in [5.41, 5.74) is 3.27. The van der Waals surface area contributed by atoms with Crippen molar-refractivity contribution in [3.05, 3.63) is 115 Å². The maximum atomic E-state index is 12.1. The number of halogens is 4. The van der Waals surface area contributed by atoms with Gasteiger partial charge in [0.05, 0.1) is 0 Å². The molecule has 8 heteroatoms. The summed E-state index contributed by atoms with van der Waals surface area (Å²) in [4.78, 5) is 24.2. The lowest BCUT2D eigenvalue weighted by atomic mass is 10.1. The van der Waals surface area contributed by atoms with E-state index < -0.39 is 0 Å². The van der Waals surface area contributed by atoms with Gasteiger partial charge in [0.15, 0.2) is 0 Å². The molecule has 0 aliphatic carbocycles. The lowest BCUT2D eigenvalue weighted by Crippen LogP contribution is -2.21. The van der Waals surface area contributed by atoms with E-state index in [4.69, 9.17) is 46.4 Å². The first-order valence-electron chi connectivity index (χ1n) is 10.2. The fourth-order valence-electron chi connectivity index (χ4n) is 2.88.